The van der Waals surface area contributed by atoms with E-state index in [1.165, 1.54) is 6.08 Å². The third-order valence-electron chi connectivity index (χ3n) is 2.25. The van der Waals surface area contributed by atoms with Gasteiger partial charge < -0.3 is 10.1 Å². The third-order valence-corrected chi connectivity index (χ3v) is 2.25. The lowest BCUT2D eigenvalue weighted by Gasteiger charge is -2.00. The fourth-order valence-electron chi connectivity index (χ4n) is 1.55. The van der Waals surface area contributed by atoms with Crippen LogP contribution >= 0.6 is 0 Å². The molecular weight excluding hydrogens is 206 g/mol. The van der Waals surface area contributed by atoms with Crippen molar-refractivity contribution in [1.29, 1.82) is 0 Å². The molecule has 1 aromatic heterocycles. The number of aromatic amines is 1. The molecule has 16 heavy (non-hydrogen) atoms. The van der Waals surface area contributed by atoms with Crippen molar-refractivity contribution >= 4 is 22.8 Å². The third kappa shape index (κ3) is 1.86. The summed E-state index contributed by atoms with van der Waals surface area (Å²) in [5.41, 5.74) is 0.536. The standard InChI is InChI=1S/C12H9NO3/c14-11(15)5-4-8-2-1-3-10-9(8)6-7-13-12(10)16/h1-7H,(H,13,16)(H,14,15)/b5-4+. The molecule has 0 aliphatic heterocycles. The first-order valence-electron chi connectivity index (χ1n) is 4.70. The van der Waals surface area contributed by atoms with Gasteiger partial charge in [-0.25, -0.2) is 4.79 Å². The van der Waals surface area contributed by atoms with Gasteiger partial charge >= 0.3 is 5.97 Å². The van der Waals surface area contributed by atoms with Gasteiger partial charge in [0.1, 0.15) is 0 Å². The normalized spacial score (nSPS) is 11.0. The van der Waals surface area contributed by atoms with E-state index in [1.807, 2.05) is 0 Å². The summed E-state index contributed by atoms with van der Waals surface area (Å²) in [5, 5.41) is 9.84. The molecule has 4 heteroatoms. The van der Waals surface area contributed by atoms with Crippen LogP contribution in [0.15, 0.2) is 41.3 Å². The Kier molecular flexibility index (Phi) is 2.55. The first-order chi connectivity index (χ1) is 7.68. The highest BCUT2D eigenvalue weighted by Crippen LogP contribution is 2.16. The Hall–Kier alpha value is -2.36. The molecule has 0 fully saturated rings. The lowest BCUT2D eigenvalue weighted by atomic mass is 10.1. The van der Waals surface area contributed by atoms with E-state index in [1.54, 1.807) is 30.5 Å². The average molecular weight is 215 g/mol. The highest BCUT2D eigenvalue weighted by atomic mass is 16.4. The molecule has 0 saturated heterocycles. The Morgan fingerprint density at radius 3 is 2.81 bits per heavy atom. The average Bonchev–Trinajstić information content (AvgIpc) is 2.27. The number of H-pyrrole nitrogens is 1. The minimum atomic E-state index is -1.01. The van der Waals surface area contributed by atoms with Crippen LogP contribution < -0.4 is 5.56 Å². The van der Waals surface area contributed by atoms with Gasteiger partial charge in [0, 0.05) is 17.7 Å². The number of rotatable bonds is 2. The Bertz CT molecular complexity index is 625. The Morgan fingerprint density at radius 1 is 1.25 bits per heavy atom. The van der Waals surface area contributed by atoms with Crippen LogP contribution in [0.25, 0.3) is 16.8 Å². The summed E-state index contributed by atoms with van der Waals surface area (Å²) in [6.45, 7) is 0. The zero-order chi connectivity index (χ0) is 11.5. The summed E-state index contributed by atoms with van der Waals surface area (Å²) < 4.78 is 0. The molecule has 0 aliphatic carbocycles. The molecule has 0 amide bonds. The summed E-state index contributed by atoms with van der Waals surface area (Å²) in [6.07, 6.45) is 4.07. The lowest BCUT2D eigenvalue weighted by Crippen LogP contribution is -2.04. The van der Waals surface area contributed by atoms with Gasteiger partial charge in [-0.05, 0) is 29.2 Å². The molecule has 80 valence electrons. The molecule has 2 N–H and O–H groups in total. The second kappa shape index (κ2) is 4.02. The van der Waals surface area contributed by atoms with Gasteiger partial charge in [0.15, 0.2) is 0 Å². The number of hydrogen-bond donors (Lipinski definition) is 2. The smallest absolute Gasteiger partial charge is 0.328 e. The first-order valence-corrected chi connectivity index (χ1v) is 4.70. The Morgan fingerprint density at radius 2 is 2.06 bits per heavy atom. The number of carboxylic acid groups (broad SMARTS) is 1. The number of aliphatic carboxylic acids is 1. The van der Waals surface area contributed by atoms with Crippen LogP contribution in [0.2, 0.25) is 0 Å². The molecule has 0 unspecified atom stereocenters. The number of benzene rings is 1. The molecule has 0 saturated carbocycles. The van der Waals surface area contributed by atoms with Crippen molar-refractivity contribution in [2.24, 2.45) is 0 Å². The van der Waals surface area contributed by atoms with Gasteiger partial charge in [0.25, 0.3) is 5.56 Å². The number of aromatic nitrogens is 1. The van der Waals surface area contributed by atoms with Crippen LogP contribution in [-0.2, 0) is 4.79 Å². The molecule has 2 rings (SSSR count). The highest BCUT2D eigenvalue weighted by molar-refractivity contribution is 5.93. The summed E-state index contributed by atoms with van der Waals surface area (Å²) in [6, 6.07) is 6.94. The minimum Gasteiger partial charge on any atom is -0.478 e. The van der Waals surface area contributed by atoms with E-state index in [0.717, 1.165) is 11.5 Å². The molecular formula is C12H9NO3. The molecule has 1 aromatic carbocycles. The monoisotopic (exact) mass is 215 g/mol. The number of carbonyl (C=O) groups is 1. The quantitative estimate of drug-likeness (QED) is 0.748. The van der Waals surface area contributed by atoms with Crippen LogP contribution in [0.4, 0.5) is 0 Å². The number of hydrogen-bond acceptors (Lipinski definition) is 2. The number of fused-ring (bicyclic) bond motifs is 1. The Labute approximate surface area is 90.9 Å². The van der Waals surface area contributed by atoms with Crippen molar-refractivity contribution < 1.29 is 9.90 Å². The van der Waals surface area contributed by atoms with Crippen LogP contribution in [0.3, 0.4) is 0 Å². The second-order valence-electron chi connectivity index (χ2n) is 3.29. The summed E-state index contributed by atoms with van der Waals surface area (Å²) >= 11 is 0. The largest absolute Gasteiger partial charge is 0.478 e. The van der Waals surface area contributed by atoms with E-state index in [0.29, 0.717) is 10.9 Å². The maximum absolute atomic E-state index is 11.5. The highest BCUT2D eigenvalue weighted by Gasteiger charge is 2.00. The van der Waals surface area contributed by atoms with Crippen molar-refractivity contribution in [1.82, 2.24) is 4.98 Å². The van der Waals surface area contributed by atoms with Crippen molar-refractivity contribution in [3.05, 3.63) is 52.5 Å². The molecule has 0 spiro atoms. The van der Waals surface area contributed by atoms with Crippen molar-refractivity contribution in [3.63, 3.8) is 0 Å². The van der Waals surface area contributed by atoms with E-state index < -0.39 is 5.97 Å². The fraction of sp³-hybridized carbons (Fsp3) is 0. The van der Waals surface area contributed by atoms with Gasteiger partial charge in [-0.1, -0.05) is 12.1 Å². The van der Waals surface area contributed by atoms with Crippen LogP contribution in [0.5, 0.6) is 0 Å². The van der Waals surface area contributed by atoms with Crippen LogP contribution in [-0.4, -0.2) is 16.1 Å². The number of nitrogens with one attached hydrogen (secondary N) is 1. The minimum absolute atomic E-state index is 0.178. The second-order valence-corrected chi connectivity index (χ2v) is 3.29. The summed E-state index contributed by atoms with van der Waals surface area (Å²) in [5.74, 6) is -1.01. The van der Waals surface area contributed by atoms with Crippen molar-refractivity contribution in [3.8, 4) is 0 Å². The predicted octanol–water partition coefficient (Wildman–Crippen LogP) is 1.63. The number of carboxylic acids is 1. The molecule has 0 bridgehead atoms. The summed E-state index contributed by atoms with van der Waals surface area (Å²) in [4.78, 5) is 24.5. The molecule has 0 radical (unpaired) electrons. The maximum atomic E-state index is 11.5. The fourth-order valence-corrected chi connectivity index (χ4v) is 1.55. The summed E-state index contributed by atoms with van der Waals surface area (Å²) in [7, 11) is 0. The van der Waals surface area contributed by atoms with Gasteiger partial charge in [-0.2, -0.15) is 0 Å². The van der Waals surface area contributed by atoms with E-state index in [9.17, 15) is 9.59 Å². The van der Waals surface area contributed by atoms with Crippen molar-refractivity contribution in [2.45, 2.75) is 0 Å². The SMILES string of the molecule is O=C(O)/C=C/c1cccc2c(=O)[nH]ccc12. The Balaban J connectivity index is 2.67. The maximum Gasteiger partial charge on any atom is 0.328 e. The van der Waals surface area contributed by atoms with E-state index in [-0.39, 0.29) is 5.56 Å². The van der Waals surface area contributed by atoms with Crippen LogP contribution in [0, 0.1) is 0 Å². The van der Waals surface area contributed by atoms with Gasteiger partial charge in [-0.3, -0.25) is 4.79 Å². The topological polar surface area (TPSA) is 70.2 Å². The number of pyridine rings is 1. The zero-order valence-corrected chi connectivity index (χ0v) is 8.31. The predicted molar refractivity (Wildman–Crippen MR) is 61.2 cm³/mol. The first kappa shape index (κ1) is 10.2. The molecule has 2 aromatic rings. The van der Waals surface area contributed by atoms with E-state index in [2.05, 4.69) is 4.98 Å². The van der Waals surface area contributed by atoms with Gasteiger partial charge in [0.05, 0.1) is 0 Å². The van der Waals surface area contributed by atoms with Crippen LogP contribution in [0.1, 0.15) is 5.56 Å². The molecule has 0 atom stereocenters. The van der Waals surface area contributed by atoms with E-state index >= 15 is 0 Å². The molecule has 0 aliphatic rings. The lowest BCUT2D eigenvalue weighted by molar-refractivity contribution is -0.131. The molecule has 1 heterocycles. The van der Waals surface area contributed by atoms with Gasteiger partial charge in [0.2, 0.25) is 0 Å². The van der Waals surface area contributed by atoms with Crippen molar-refractivity contribution in [2.75, 3.05) is 0 Å². The van der Waals surface area contributed by atoms with E-state index in [4.69, 9.17) is 5.11 Å². The molecule has 4 nitrogen and oxygen atoms in total. The zero-order valence-electron chi connectivity index (χ0n) is 8.31. The van der Waals surface area contributed by atoms with Gasteiger partial charge in [-0.15, -0.1) is 0 Å².